The predicted octanol–water partition coefficient (Wildman–Crippen LogP) is 5.85. The maximum absolute atomic E-state index is 12.9. The Labute approximate surface area is 170 Å². The van der Waals surface area contributed by atoms with Gasteiger partial charge in [-0.05, 0) is 39.2 Å². The second-order valence-electron chi connectivity index (χ2n) is 8.21. The first kappa shape index (κ1) is 23.9. The first-order valence-electron chi connectivity index (χ1n) is 10.3. The molecule has 0 amide bonds. The molecule has 4 nitrogen and oxygen atoms in total. The van der Waals surface area contributed by atoms with Gasteiger partial charge in [-0.2, -0.15) is 0 Å². The van der Waals surface area contributed by atoms with Gasteiger partial charge in [-0.3, -0.25) is 9.59 Å². The van der Waals surface area contributed by atoms with E-state index < -0.39 is 17.4 Å². The number of hydrogen-bond acceptors (Lipinski definition) is 4. The third-order valence-corrected chi connectivity index (χ3v) is 4.51. The summed E-state index contributed by atoms with van der Waals surface area (Å²) in [5.41, 5.74) is 0.329. The highest BCUT2D eigenvalue weighted by Crippen LogP contribution is 2.28. The number of carbonyl (C=O) groups excluding carboxylic acids is 2. The molecule has 0 bridgehead atoms. The number of unbranched alkanes of at least 4 members (excludes halogenated alkanes) is 3. The quantitative estimate of drug-likeness (QED) is 0.256. The van der Waals surface area contributed by atoms with Crippen LogP contribution in [0.1, 0.15) is 71.8 Å². The molecule has 0 heterocycles. The summed E-state index contributed by atoms with van der Waals surface area (Å²) in [6.07, 6.45) is 6.84. The average Bonchev–Trinajstić information content (AvgIpc) is 2.64. The van der Waals surface area contributed by atoms with E-state index in [1.807, 2.05) is 51.1 Å². The topological polar surface area (TPSA) is 52.6 Å². The summed E-state index contributed by atoms with van der Waals surface area (Å²) >= 11 is 0. The number of ether oxygens (including phenoxy) is 2. The fourth-order valence-corrected chi connectivity index (χ4v) is 3.09. The molecule has 2 atom stereocenters. The van der Waals surface area contributed by atoms with E-state index in [0.29, 0.717) is 12.8 Å². The Hall–Kier alpha value is -2.10. The van der Waals surface area contributed by atoms with Crippen LogP contribution < -0.4 is 0 Å². The van der Waals surface area contributed by atoms with Crippen molar-refractivity contribution in [3.05, 3.63) is 48.6 Å². The number of hydrogen-bond donors (Lipinski definition) is 0. The molecule has 1 aromatic rings. The highest BCUT2D eigenvalue weighted by molar-refractivity contribution is 5.82. The summed E-state index contributed by atoms with van der Waals surface area (Å²) in [6.45, 7) is 11.6. The van der Waals surface area contributed by atoms with Crippen LogP contribution in [0.3, 0.4) is 0 Å². The summed E-state index contributed by atoms with van der Waals surface area (Å²) in [5.74, 6) is -1.78. The lowest BCUT2D eigenvalue weighted by Crippen LogP contribution is -2.36. The van der Waals surface area contributed by atoms with Crippen molar-refractivity contribution >= 4 is 11.9 Å². The van der Waals surface area contributed by atoms with E-state index in [1.165, 1.54) is 0 Å². The zero-order valence-electron chi connectivity index (χ0n) is 17.9. The molecule has 0 aliphatic heterocycles. The second kappa shape index (κ2) is 12.4. The highest BCUT2D eigenvalue weighted by Gasteiger charge is 2.36. The molecule has 1 rings (SSSR count). The van der Waals surface area contributed by atoms with E-state index in [1.54, 1.807) is 6.08 Å². The van der Waals surface area contributed by atoms with Crippen molar-refractivity contribution in [2.45, 2.75) is 78.4 Å². The van der Waals surface area contributed by atoms with Gasteiger partial charge >= 0.3 is 11.9 Å². The molecule has 0 aliphatic carbocycles. The lowest BCUT2D eigenvalue weighted by molar-refractivity contribution is -0.169. The van der Waals surface area contributed by atoms with E-state index in [0.717, 1.165) is 31.2 Å². The maximum Gasteiger partial charge on any atom is 0.310 e. The third kappa shape index (κ3) is 9.20. The van der Waals surface area contributed by atoms with Crippen molar-refractivity contribution < 1.29 is 19.1 Å². The monoisotopic (exact) mass is 388 g/mol. The maximum atomic E-state index is 12.9. The van der Waals surface area contributed by atoms with E-state index in [9.17, 15) is 9.59 Å². The van der Waals surface area contributed by atoms with Gasteiger partial charge < -0.3 is 9.47 Å². The Morgan fingerprint density at radius 1 is 1.04 bits per heavy atom. The highest BCUT2D eigenvalue weighted by atomic mass is 16.6. The van der Waals surface area contributed by atoms with Gasteiger partial charge in [0, 0.05) is 0 Å². The molecule has 0 spiro atoms. The van der Waals surface area contributed by atoms with Gasteiger partial charge in [0.1, 0.15) is 12.2 Å². The van der Waals surface area contributed by atoms with Crippen LogP contribution in [-0.4, -0.2) is 17.5 Å². The first-order chi connectivity index (χ1) is 13.3. The molecule has 0 fully saturated rings. The summed E-state index contributed by atoms with van der Waals surface area (Å²) in [7, 11) is 0. The zero-order chi connectivity index (χ0) is 21.0. The first-order valence-corrected chi connectivity index (χ1v) is 10.3. The van der Waals surface area contributed by atoms with Gasteiger partial charge in [-0.1, -0.05) is 69.0 Å². The van der Waals surface area contributed by atoms with Gasteiger partial charge in [-0.25, -0.2) is 0 Å². The van der Waals surface area contributed by atoms with Crippen LogP contribution in [0.2, 0.25) is 0 Å². The zero-order valence-corrected chi connectivity index (χ0v) is 17.9. The van der Waals surface area contributed by atoms with Crippen LogP contribution in [0.15, 0.2) is 43.0 Å². The van der Waals surface area contributed by atoms with E-state index in [-0.39, 0.29) is 18.5 Å². The number of allylic oxidation sites excluding steroid dienone is 1. The summed E-state index contributed by atoms with van der Waals surface area (Å²) in [6, 6.07) is 9.57. The fraction of sp³-hybridized carbons (Fsp3) is 0.583. The fourth-order valence-electron chi connectivity index (χ4n) is 3.09. The largest absolute Gasteiger partial charge is 0.461 e. The molecule has 0 radical (unpaired) electrons. The van der Waals surface area contributed by atoms with Crippen LogP contribution in [-0.2, 0) is 25.7 Å². The van der Waals surface area contributed by atoms with Crippen molar-refractivity contribution in [1.29, 1.82) is 0 Å². The van der Waals surface area contributed by atoms with Gasteiger partial charge in [-0.15, -0.1) is 6.58 Å². The molecule has 28 heavy (non-hydrogen) atoms. The molecule has 4 heteroatoms. The van der Waals surface area contributed by atoms with E-state index >= 15 is 0 Å². The van der Waals surface area contributed by atoms with E-state index in [4.69, 9.17) is 9.47 Å². The molecular weight excluding hydrogens is 352 g/mol. The average molecular weight is 389 g/mol. The smallest absolute Gasteiger partial charge is 0.310 e. The second-order valence-corrected chi connectivity index (χ2v) is 8.21. The van der Waals surface area contributed by atoms with Gasteiger partial charge in [0.15, 0.2) is 0 Å². The SMILES string of the molecule is C=CC[C@H](C(=O)OC(C)(C)C)[C@@H](CCCCCC)C(=O)OCc1ccccc1. The van der Waals surface area contributed by atoms with Crippen molar-refractivity contribution in [3.8, 4) is 0 Å². The molecular formula is C24H36O4. The Balaban J connectivity index is 2.89. The summed E-state index contributed by atoms with van der Waals surface area (Å²) in [4.78, 5) is 25.7. The minimum atomic E-state index is -0.600. The summed E-state index contributed by atoms with van der Waals surface area (Å²) in [5, 5.41) is 0. The predicted molar refractivity (Wildman–Crippen MR) is 113 cm³/mol. The lowest BCUT2D eigenvalue weighted by atomic mass is 9.85. The normalized spacial score (nSPS) is 13.4. The Bertz CT molecular complexity index is 601. The number of carbonyl (C=O) groups is 2. The third-order valence-electron chi connectivity index (χ3n) is 4.51. The van der Waals surface area contributed by atoms with Crippen LogP contribution >= 0.6 is 0 Å². The Kier molecular flexibility index (Phi) is 10.6. The van der Waals surface area contributed by atoms with Crippen LogP contribution in [0.5, 0.6) is 0 Å². The van der Waals surface area contributed by atoms with Gasteiger partial charge in [0.25, 0.3) is 0 Å². The minimum Gasteiger partial charge on any atom is -0.461 e. The lowest BCUT2D eigenvalue weighted by Gasteiger charge is -2.28. The molecule has 0 N–H and O–H groups in total. The molecule has 1 aromatic carbocycles. The van der Waals surface area contributed by atoms with Crippen molar-refractivity contribution in [1.82, 2.24) is 0 Å². The van der Waals surface area contributed by atoms with Crippen molar-refractivity contribution in [2.75, 3.05) is 0 Å². The van der Waals surface area contributed by atoms with Crippen molar-refractivity contribution in [2.24, 2.45) is 11.8 Å². The molecule has 0 unspecified atom stereocenters. The van der Waals surface area contributed by atoms with Crippen LogP contribution in [0, 0.1) is 11.8 Å². The van der Waals surface area contributed by atoms with Crippen molar-refractivity contribution in [3.63, 3.8) is 0 Å². The molecule has 0 saturated heterocycles. The Morgan fingerprint density at radius 3 is 2.29 bits per heavy atom. The number of rotatable bonds is 12. The number of benzene rings is 1. The number of esters is 2. The van der Waals surface area contributed by atoms with E-state index in [2.05, 4.69) is 13.5 Å². The standard InChI is InChI=1S/C24H36O4/c1-6-8-9-13-17-21(20(14-7-2)23(26)28-24(3,4)5)22(25)27-18-19-15-11-10-12-16-19/h7,10-12,15-16,20-21H,2,6,8-9,13-14,17-18H2,1,3-5H3/t20-,21+/m0/s1. The molecule has 0 aliphatic rings. The molecule has 156 valence electrons. The minimum absolute atomic E-state index is 0.209. The summed E-state index contributed by atoms with van der Waals surface area (Å²) < 4.78 is 11.2. The van der Waals surface area contributed by atoms with Gasteiger partial charge in [0.2, 0.25) is 0 Å². The Morgan fingerprint density at radius 2 is 1.71 bits per heavy atom. The molecule has 0 saturated carbocycles. The van der Waals surface area contributed by atoms with Gasteiger partial charge in [0.05, 0.1) is 11.8 Å². The van der Waals surface area contributed by atoms with Crippen LogP contribution in [0.25, 0.3) is 0 Å². The molecule has 0 aromatic heterocycles. The van der Waals surface area contributed by atoms with Crippen LogP contribution in [0.4, 0.5) is 0 Å².